The highest BCUT2D eigenvalue weighted by Crippen LogP contribution is 2.22. The van der Waals surface area contributed by atoms with Crippen molar-refractivity contribution in [2.75, 3.05) is 32.8 Å². The molecule has 1 saturated heterocycles. The smallest absolute Gasteiger partial charge is 0.240 e. The van der Waals surface area contributed by atoms with Gasteiger partial charge in [0.1, 0.15) is 0 Å². The van der Waals surface area contributed by atoms with Crippen molar-refractivity contribution in [3.8, 4) is 0 Å². The Morgan fingerprint density at radius 3 is 2.29 bits per heavy atom. The molecule has 8 heteroatoms. The van der Waals surface area contributed by atoms with Crippen LogP contribution < -0.4 is 4.72 Å². The molecule has 1 aromatic rings. The van der Waals surface area contributed by atoms with Crippen LogP contribution in [0.1, 0.15) is 20.3 Å². The van der Waals surface area contributed by atoms with Crippen LogP contribution in [0.3, 0.4) is 0 Å². The zero-order valence-corrected chi connectivity index (χ0v) is 16.3. The summed E-state index contributed by atoms with van der Waals surface area (Å²) >= 11 is 11.8. The van der Waals surface area contributed by atoms with E-state index in [4.69, 9.17) is 27.9 Å². The summed E-state index contributed by atoms with van der Waals surface area (Å²) in [5.74, 6) is 0.475. The van der Waals surface area contributed by atoms with Gasteiger partial charge in [0.15, 0.2) is 0 Å². The molecule has 0 bridgehead atoms. The van der Waals surface area contributed by atoms with E-state index in [9.17, 15) is 8.42 Å². The van der Waals surface area contributed by atoms with Gasteiger partial charge in [0, 0.05) is 35.7 Å². The Labute approximate surface area is 154 Å². The molecule has 5 nitrogen and oxygen atoms in total. The largest absolute Gasteiger partial charge is 0.379 e. The number of halogens is 2. The lowest BCUT2D eigenvalue weighted by atomic mass is 10.0. The highest BCUT2D eigenvalue weighted by molar-refractivity contribution is 7.89. The van der Waals surface area contributed by atoms with E-state index in [0.29, 0.717) is 35.7 Å². The van der Waals surface area contributed by atoms with Gasteiger partial charge in [-0.1, -0.05) is 37.0 Å². The number of benzene rings is 1. The maximum absolute atomic E-state index is 12.5. The first kappa shape index (κ1) is 19.9. The highest BCUT2D eigenvalue weighted by Gasteiger charge is 2.24. The second kappa shape index (κ2) is 8.83. The molecule has 24 heavy (non-hydrogen) atoms. The number of hydrogen-bond acceptors (Lipinski definition) is 4. The molecule has 2 rings (SSSR count). The Hall–Kier alpha value is -0.370. The molecule has 1 aliphatic rings. The molecule has 0 spiro atoms. The molecule has 0 aliphatic carbocycles. The van der Waals surface area contributed by atoms with Crippen molar-refractivity contribution in [3.63, 3.8) is 0 Å². The van der Waals surface area contributed by atoms with Crippen LogP contribution in [-0.2, 0) is 14.8 Å². The van der Waals surface area contributed by atoms with Crippen LogP contribution in [0.4, 0.5) is 0 Å². The van der Waals surface area contributed by atoms with Crippen molar-refractivity contribution in [1.82, 2.24) is 9.62 Å². The van der Waals surface area contributed by atoms with Crippen LogP contribution in [0.25, 0.3) is 0 Å². The zero-order valence-electron chi connectivity index (χ0n) is 14.0. The Kier molecular flexibility index (Phi) is 7.34. The minimum Gasteiger partial charge on any atom is -0.379 e. The molecule has 0 aromatic heterocycles. The molecule has 1 atom stereocenters. The monoisotopic (exact) mass is 394 g/mol. The van der Waals surface area contributed by atoms with Gasteiger partial charge < -0.3 is 4.74 Å². The molecule has 1 fully saturated rings. The Morgan fingerprint density at radius 1 is 1.17 bits per heavy atom. The fourth-order valence-corrected chi connectivity index (χ4v) is 4.62. The van der Waals surface area contributed by atoms with Gasteiger partial charge >= 0.3 is 0 Å². The molecule has 0 radical (unpaired) electrons. The average molecular weight is 395 g/mol. The molecule has 0 saturated carbocycles. The average Bonchev–Trinajstić information content (AvgIpc) is 2.51. The lowest BCUT2D eigenvalue weighted by molar-refractivity contribution is 0.0134. The van der Waals surface area contributed by atoms with Crippen molar-refractivity contribution in [2.45, 2.75) is 31.2 Å². The minimum absolute atomic E-state index is 0.0882. The Morgan fingerprint density at radius 2 is 1.75 bits per heavy atom. The van der Waals surface area contributed by atoms with Crippen LogP contribution in [0.15, 0.2) is 23.1 Å². The van der Waals surface area contributed by atoms with Crippen LogP contribution >= 0.6 is 23.2 Å². The first-order chi connectivity index (χ1) is 11.3. The number of hydrogen-bond donors (Lipinski definition) is 1. The molecule has 1 heterocycles. The van der Waals surface area contributed by atoms with Crippen molar-refractivity contribution in [1.29, 1.82) is 0 Å². The Bertz CT molecular complexity index is 626. The minimum atomic E-state index is -3.65. The normalized spacial score (nSPS) is 18.0. The standard InChI is InChI=1S/C16H24Cl2N2O3S/c1-12(2)7-15(20-3-5-23-6-4-20)11-19-24(21,22)16-9-13(17)8-14(18)10-16/h8-10,12,15,19H,3-7,11H2,1-2H3. The topological polar surface area (TPSA) is 58.6 Å². The van der Waals surface area contributed by atoms with E-state index in [1.165, 1.54) is 18.2 Å². The van der Waals surface area contributed by atoms with Crippen LogP contribution in [-0.4, -0.2) is 52.2 Å². The first-order valence-electron chi connectivity index (χ1n) is 8.05. The van der Waals surface area contributed by atoms with Gasteiger partial charge in [0.05, 0.1) is 18.1 Å². The summed E-state index contributed by atoms with van der Waals surface area (Å²) in [6.45, 7) is 7.64. The highest BCUT2D eigenvalue weighted by atomic mass is 35.5. The number of nitrogens with zero attached hydrogens (tertiary/aromatic N) is 1. The van der Waals surface area contributed by atoms with E-state index < -0.39 is 10.0 Å². The fourth-order valence-electron chi connectivity index (χ4n) is 2.82. The molecule has 0 amide bonds. The third-order valence-electron chi connectivity index (χ3n) is 3.96. The molecule has 1 N–H and O–H groups in total. The zero-order chi connectivity index (χ0) is 17.7. The van der Waals surface area contributed by atoms with E-state index in [0.717, 1.165) is 19.5 Å². The summed E-state index contributed by atoms with van der Waals surface area (Å²) in [5.41, 5.74) is 0. The number of rotatable bonds is 7. The van der Waals surface area contributed by atoms with Gasteiger partial charge in [-0.05, 0) is 30.5 Å². The summed E-state index contributed by atoms with van der Waals surface area (Å²) in [7, 11) is -3.65. The van der Waals surface area contributed by atoms with E-state index in [1.807, 2.05) is 0 Å². The number of ether oxygens (including phenoxy) is 1. The molecule has 1 aromatic carbocycles. The predicted octanol–water partition coefficient (Wildman–Crippen LogP) is 3.02. The third-order valence-corrected chi connectivity index (χ3v) is 5.80. The molecular weight excluding hydrogens is 371 g/mol. The summed E-state index contributed by atoms with van der Waals surface area (Å²) in [6.07, 6.45) is 0.915. The fraction of sp³-hybridized carbons (Fsp3) is 0.625. The predicted molar refractivity (Wildman–Crippen MR) is 97.3 cm³/mol. The van der Waals surface area contributed by atoms with Gasteiger partial charge in [-0.25, -0.2) is 13.1 Å². The maximum Gasteiger partial charge on any atom is 0.240 e. The number of nitrogens with one attached hydrogen (secondary N) is 1. The van der Waals surface area contributed by atoms with E-state index in [1.54, 1.807) is 0 Å². The van der Waals surface area contributed by atoms with E-state index >= 15 is 0 Å². The molecule has 1 aliphatic heterocycles. The van der Waals surface area contributed by atoms with Crippen molar-refractivity contribution in [2.24, 2.45) is 5.92 Å². The maximum atomic E-state index is 12.5. The second-order valence-electron chi connectivity index (χ2n) is 6.39. The summed E-state index contributed by atoms with van der Waals surface area (Å²) in [6, 6.07) is 4.46. The number of morpholine rings is 1. The summed E-state index contributed by atoms with van der Waals surface area (Å²) in [5, 5.41) is 0.601. The van der Waals surface area contributed by atoms with Gasteiger partial charge in [-0.3, -0.25) is 4.90 Å². The quantitative estimate of drug-likeness (QED) is 0.771. The SMILES string of the molecule is CC(C)CC(CNS(=O)(=O)c1cc(Cl)cc(Cl)c1)N1CCOCC1. The van der Waals surface area contributed by atoms with Crippen molar-refractivity contribution < 1.29 is 13.2 Å². The summed E-state index contributed by atoms with van der Waals surface area (Å²) < 4.78 is 33.2. The summed E-state index contributed by atoms with van der Waals surface area (Å²) in [4.78, 5) is 2.38. The van der Waals surface area contributed by atoms with E-state index in [-0.39, 0.29) is 10.9 Å². The number of sulfonamides is 1. The van der Waals surface area contributed by atoms with Gasteiger partial charge in [-0.2, -0.15) is 0 Å². The van der Waals surface area contributed by atoms with Gasteiger partial charge in [-0.15, -0.1) is 0 Å². The lowest BCUT2D eigenvalue weighted by Crippen LogP contribution is -2.49. The Balaban J connectivity index is 2.08. The molecule has 136 valence electrons. The van der Waals surface area contributed by atoms with Gasteiger partial charge in [0.25, 0.3) is 0 Å². The molecule has 1 unspecified atom stereocenters. The lowest BCUT2D eigenvalue weighted by Gasteiger charge is -2.35. The van der Waals surface area contributed by atoms with Crippen molar-refractivity contribution in [3.05, 3.63) is 28.2 Å². The van der Waals surface area contributed by atoms with Crippen molar-refractivity contribution >= 4 is 33.2 Å². The van der Waals surface area contributed by atoms with Crippen LogP contribution in [0.2, 0.25) is 10.0 Å². The van der Waals surface area contributed by atoms with Crippen LogP contribution in [0, 0.1) is 5.92 Å². The second-order valence-corrected chi connectivity index (χ2v) is 9.03. The first-order valence-corrected chi connectivity index (χ1v) is 10.3. The van der Waals surface area contributed by atoms with E-state index in [2.05, 4.69) is 23.5 Å². The van der Waals surface area contributed by atoms with Crippen LogP contribution in [0.5, 0.6) is 0 Å². The van der Waals surface area contributed by atoms with Gasteiger partial charge in [0.2, 0.25) is 10.0 Å². The third kappa shape index (κ3) is 5.86. The molecular formula is C16H24Cl2N2O3S.